The first-order valence-electron chi connectivity index (χ1n) is 6.54. The number of amides is 1. The second-order valence-corrected chi connectivity index (χ2v) is 6.57. The molecule has 0 radical (unpaired) electrons. The second kappa shape index (κ2) is 5.01. The first-order valence-corrected chi connectivity index (χ1v) is 7.62. The Labute approximate surface area is 125 Å². The van der Waals surface area contributed by atoms with E-state index in [-0.39, 0.29) is 17.8 Å². The zero-order chi connectivity index (χ0) is 13.6. The van der Waals surface area contributed by atoms with Crippen molar-refractivity contribution in [3.8, 4) is 0 Å². The van der Waals surface area contributed by atoms with Crippen molar-refractivity contribution in [2.75, 3.05) is 19.6 Å². The standard InChI is InChI=1S/C14H16FIN2O/c1-8-12-6-17-5-9(12)7-18(8)14(19)11-3-2-10(15)4-13(11)16/h2-4,8-9,12,17H,5-7H2,1H3. The fraction of sp³-hybridized carbons (Fsp3) is 0.500. The Morgan fingerprint density at radius 1 is 1.47 bits per heavy atom. The first-order chi connectivity index (χ1) is 9.08. The van der Waals surface area contributed by atoms with Gasteiger partial charge in [-0.05, 0) is 59.5 Å². The predicted molar refractivity (Wildman–Crippen MR) is 79.5 cm³/mol. The number of carbonyl (C=O) groups is 1. The van der Waals surface area contributed by atoms with Crippen LogP contribution in [0.2, 0.25) is 0 Å². The summed E-state index contributed by atoms with van der Waals surface area (Å²) in [6, 6.07) is 4.63. The summed E-state index contributed by atoms with van der Waals surface area (Å²) < 4.78 is 13.8. The molecule has 1 aromatic rings. The summed E-state index contributed by atoms with van der Waals surface area (Å²) in [4.78, 5) is 14.5. The quantitative estimate of drug-likeness (QED) is 0.764. The van der Waals surface area contributed by atoms with Crippen molar-refractivity contribution in [3.05, 3.63) is 33.1 Å². The maximum atomic E-state index is 13.1. The van der Waals surface area contributed by atoms with Gasteiger partial charge in [-0.1, -0.05) is 0 Å². The molecule has 1 aromatic carbocycles. The van der Waals surface area contributed by atoms with Gasteiger partial charge in [-0.3, -0.25) is 4.79 Å². The fourth-order valence-corrected chi connectivity index (χ4v) is 3.96. The van der Waals surface area contributed by atoms with Crippen LogP contribution < -0.4 is 5.32 Å². The lowest BCUT2D eigenvalue weighted by Crippen LogP contribution is -2.38. The van der Waals surface area contributed by atoms with E-state index in [1.165, 1.54) is 12.1 Å². The molecular weight excluding hydrogens is 358 g/mol. The van der Waals surface area contributed by atoms with E-state index < -0.39 is 0 Å². The Morgan fingerprint density at radius 2 is 2.26 bits per heavy atom. The molecule has 19 heavy (non-hydrogen) atoms. The van der Waals surface area contributed by atoms with Crippen LogP contribution in [0, 0.1) is 21.2 Å². The molecule has 3 unspecified atom stereocenters. The van der Waals surface area contributed by atoms with E-state index in [9.17, 15) is 9.18 Å². The van der Waals surface area contributed by atoms with Crippen LogP contribution in [0.5, 0.6) is 0 Å². The normalized spacial score (nSPS) is 29.6. The number of fused-ring (bicyclic) bond motifs is 1. The molecule has 3 nitrogen and oxygen atoms in total. The zero-order valence-corrected chi connectivity index (χ0v) is 12.9. The summed E-state index contributed by atoms with van der Waals surface area (Å²) in [6.07, 6.45) is 0. The molecule has 1 amide bonds. The molecule has 0 bridgehead atoms. The summed E-state index contributed by atoms with van der Waals surface area (Å²) in [6.45, 7) is 4.92. The molecule has 2 aliphatic rings. The molecule has 2 saturated heterocycles. The van der Waals surface area contributed by atoms with Crippen LogP contribution in [0.4, 0.5) is 4.39 Å². The average molecular weight is 374 g/mol. The maximum Gasteiger partial charge on any atom is 0.255 e. The van der Waals surface area contributed by atoms with Gasteiger partial charge in [-0.15, -0.1) is 0 Å². The number of nitrogens with one attached hydrogen (secondary N) is 1. The van der Waals surface area contributed by atoms with Crippen molar-refractivity contribution in [2.45, 2.75) is 13.0 Å². The second-order valence-electron chi connectivity index (χ2n) is 5.40. The van der Waals surface area contributed by atoms with Gasteiger partial charge >= 0.3 is 0 Å². The third-order valence-corrected chi connectivity index (χ3v) is 5.25. The van der Waals surface area contributed by atoms with Crippen LogP contribution in [0.3, 0.4) is 0 Å². The zero-order valence-electron chi connectivity index (χ0n) is 10.7. The lowest BCUT2D eigenvalue weighted by molar-refractivity contribution is 0.0727. The van der Waals surface area contributed by atoms with Gasteiger partial charge in [0, 0.05) is 29.2 Å². The van der Waals surface area contributed by atoms with Crippen LogP contribution in [0.25, 0.3) is 0 Å². The molecule has 1 N–H and O–H groups in total. The Kier molecular flexibility index (Phi) is 3.51. The van der Waals surface area contributed by atoms with Gasteiger partial charge in [0.15, 0.2) is 0 Å². The third kappa shape index (κ3) is 2.27. The lowest BCUT2D eigenvalue weighted by atomic mass is 9.95. The predicted octanol–water partition coefficient (Wildman–Crippen LogP) is 2.11. The highest BCUT2D eigenvalue weighted by atomic mass is 127. The molecule has 5 heteroatoms. The van der Waals surface area contributed by atoms with E-state index in [0.29, 0.717) is 21.0 Å². The van der Waals surface area contributed by atoms with E-state index in [1.54, 1.807) is 6.07 Å². The van der Waals surface area contributed by atoms with Crippen molar-refractivity contribution in [2.24, 2.45) is 11.8 Å². The lowest BCUT2D eigenvalue weighted by Gasteiger charge is -2.25. The van der Waals surface area contributed by atoms with Crippen molar-refractivity contribution < 1.29 is 9.18 Å². The highest BCUT2D eigenvalue weighted by molar-refractivity contribution is 14.1. The molecular formula is C14H16FIN2O. The number of nitrogens with zero attached hydrogens (tertiary/aromatic N) is 1. The van der Waals surface area contributed by atoms with Gasteiger partial charge in [0.25, 0.3) is 5.91 Å². The summed E-state index contributed by atoms with van der Waals surface area (Å²) >= 11 is 2.03. The number of carbonyl (C=O) groups excluding carboxylic acids is 1. The Hall–Kier alpha value is -0.690. The minimum absolute atomic E-state index is 0.0336. The number of rotatable bonds is 1. The number of likely N-dealkylation sites (tertiary alicyclic amines) is 1. The monoisotopic (exact) mass is 374 g/mol. The van der Waals surface area contributed by atoms with Crippen LogP contribution in [-0.2, 0) is 0 Å². The molecule has 3 atom stereocenters. The molecule has 0 aromatic heterocycles. The van der Waals surface area contributed by atoms with Crippen LogP contribution in [0.1, 0.15) is 17.3 Å². The number of hydrogen-bond acceptors (Lipinski definition) is 2. The van der Waals surface area contributed by atoms with Crippen molar-refractivity contribution in [1.82, 2.24) is 10.2 Å². The first kappa shape index (κ1) is 13.3. The van der Waals surface area contributed by atoms with Crippen molar-refractivity contribution in [1.29, 1.82) is 0 Å². The molecule has 2 heterocycles. The molecule has 2 aliphatic heterocycles. The van der Waals surface area contributed by atoms with Crippen molar-refractivity contribution >= 4 is 28.5 Å². The van der Waals surface area contributed by atoms with Crippen LogP contribution in [0.15, 0.2) is 18.2 Å². The van der Waals surface area contributed by atoms with Gasteiger partial charge in [-0.2, -0.15) is 0 Å². The fourth-order valence-electron chi connectivity index (χ4n) is 3.25. The molecule has 102 valence electrons. The van der Waals surface area contributed by atoms with Gasteiger partial charge in [0.05, 0.1) is 5.56 Å². The molecule has 0 saturated carbocycles. The number of hydrogen-bond donors (Lipinski definition) is 1. The Balaban J connectivity index is 1.84. The largest absolute Gasteiger partial charge is 0.335 e. The molecule has 0 spiro atoms. The van der Waals surface area contributed by atoms with Gasteiger partial charge in [0.2, 0.25) is 0 Å². The minimum atomic E-state index is -0.295. The minimum Gasteiger partial charge on any atom is -0.335 e. The van der Waals surface area contributed by atoms with E-state index in [4.69, 9.17) is 0 Å². The Bertz CT molecular complexity index is 522. The number of halogens is 2. The van der Waals surface area contributed by atoms with Crippen LogP contribution >= 0.6 is 22.6 Å². The topological polar surface area (TPSA) is 32.3 Å². The highest BCUT2D eigenvalue weighted by Gasteiger charge is 2.43. The SMILES string of the molecule is CC1C2CNCC2CN1C(=O)c1ccc(F)cc1I. The summed E-state index contributed by atoms with van der Waals surface area (Å²) in [7, 11) is 0. The smallest absolute Gasteiger partial charge is 0.255 e. The maximum absolute atomic E-state index is 13.1. The van der Waals surface area contributed by atoms with Crippen molar-refractivity contribution in [3.63, 3.8) is 0 Å². The van der Waals surface area contributed by atoms with Gasteiger partial charge in [-0.25, -0.2) is 4.39 Å². The Morgan fingerprint density at radius 3 is 2.95 bits per heavy atom. The summed E-state index contributed by atoms with van der Waals surface area (Å²) in [5.74, 6) is 0.863. The van der Waals surface area contributed by atoms with Gasteiger partial charge in [0.1, 0.15) is 5.82 Å². The van der Waals surface area contributed by atoms with Gasteiger partial charge < -0.3 is 10.2 Å². The third-order valence-electron chi connectivity index (χ3n) is 4.36. The summed E-state index contributed by atoms with van der Waals surface area (Å²) in [5, 5.41) is 3.38. The van der Waals surface area contributed by atoms with E-state index in [0.717, 1.165) is 19.6 Å². The summed E-state index contributed by atoms with van der Waals surface area (Å²) in [5.41, 5.74) is 0.613. The molecule has 3 rings (SSSR count). The average Bonchev–Trinajstić information content (AvgIpc) is 2.92. The molecule has 0 aliphatic carbocycles. The van der Waals surface area contributed by atoms with Crippen LogP contribution in [-0.4, -0.2) is 36.5 Å². The van der Waals surface area contributed by atoms with E-state index in [1.807, 2.05) is 27.5 Å². The number of benzene rings is 1. The van der Waals surface area contributed by atoms with E-state index >= 15 is 0 Å². The molecule has 2 fully saturated rings. The van der Waals surface area contributed by atoms with E-state index in [2.05, 4.69) is 12.2 Å². The highest BCUT2D eigenvalue weighted by Crippen LogP contribution is 2.33.